The van der Waals surface area contributed by atoms with E-state index in [1.807, 2.05) is 13.8 Å². The van der Waals surface area contributed by atoms with Gasteiger partial charge in [-0.25, -0.2) is 8.78 Å². The predicted octanol–water partition coefficient (Wildman–Crippen LogP) is 4.10. The highest BCUT2D eigenvalue weighted by Gasteiger charge is 2.14. The van der Waals surface area contributed by atoms with Crippen molar-refractivity contribution in [1.29, 1.82) is 0 Å². The Morgan fingerprint density at radius 2 is 1.71 bits per heavy atom. The minimum Gasteiger partial charge on any atom is -0.488 e. The van der Waals surface area contributed by atoms with E-state index in [1.54, 1.807) is 30.1 Å². The van der Waals surface area contributed by atoms with Gasteiger partial charge in [-0.2, -0.15) is 0 Å². The predicted molar refractivity (Wildman–Crippen MR) is 81.0 cm³/mol. The molecule has 0 spiro atoms. The van der Waals surface area contributed by atoms with Gasteiger partial charge in [0.2, 0.25) is 0 Å². The molecule has 0 amide bonds. The fourth-order valence-corrected chi connectivity index (χ4v) is 2.00. The van der Waals surface area contributed by atoms with Crippen LogP contribution < -0.4 is 15.4 Å². The molecular weight excluding hydrogens is 274 g/mol. The summed E-state index contributed by atoms with van der Waals surface area (Å²) in [6.07, 6.45) is -0.146. The summed E-state index contributed by atoms with van der Waals surface area (Å²) < 4.78 is 32.2. The third-order valence-electron chi connectivity index (χ3n) is 3.02. The molecule has 0 bridgehead atoms. The molecule has 21 heavy (non-hydrogen) atoms. The van der Waals surface area contributed by atoms with Crippen LogP contribution in [0, 0.1) is 11.6 Å². The van der Waals surface area contributed by atoms with E-state index >= 15 is 0 Å². The summed E-state index contributed by atoms with van der Waals surface area (Å²) in [5, 5.41) is 0. The Labute approximate surface area is 122 Å². The van der Waals surface area contributed by atoms with Crippen molar-refractivity contribution < 1.29 is 13.5 Å². The SMILES string of the molecule is CC(C)Oc1cc(N(C)c2ccc(F)cc2)c(N)cc1F. The van der Waals surface area contributed by atoms with E-state index < -0.39 is 5.82 Å². The van der Waals surface area contributed by atoms with Gasteiger partial charge in [0, 0.05) is 24.9 Å². The van der Waals surface area contributed by atoms with Crippen molar-refractivity contribution in [1.82, 2.24) is 0 Å². The molecule has 0 atom stereocenters. The van der Waals surface area contributed by atoms with Crippen molar-refractivity contribution in [3.05, 3.63) is 48.0 Å². The molecule has 0 aliphatic heterocycles. The highest BCUT2D eigenvalue weighted by molar-refractivity contribution is 5.76. The first kappa shape index (κ1) is 15.1. The molecule has 2 rings (SSSR count). The third-order valence-corrected chi connectivity index (χ3v) is 3.02. The van der Waals surface area contributed by atoms with Crippen LogP contribution in [0.25, 0.3) is 0 Å². The van der Waals surface area contributed by atoms with Crippen LogP contribution in [0.4, 0.5) is 25.8 Å². The molecule has 0 saturated heterocycles. The van der Waals surface area contributed by atoms with Crippen LogP contribution in [0.15, 0.2) is 36.4 Å². The number of anilines is 3. The zero-order chi connectivity index (χ0) is 15.6. The highest BCUT2D eigenvalue weighted by Crippen LogP contribution is 2.34. The Balaban J connectivity index is 2.40. The van der Waals surface area contributed by atoms with Crippen LogP contribution in [-0.4, -0.2) is 13.2 Å². The molecule has 0 fully saturated rings. The maximum atomic E-state index is 13.8. The van der Waals surface area contributed by atoms with Gasteiger partial charge in [-0.15, -0.1) is 0 Å². The minimum atomic E-state index is -0.502. The lowest BCUT2D eigenvalue weighted by Crippen LogP contribution is -2.13. The molecule has 112 valence electrons. The van der Waals surface area contributed by atoms with Gasteiger partial charge in [0.05, 0.1) is 17.5 Å². The third kappa shape index (κ3) is 3.42. The van der Waals surface area contributed by atoms with Crippen molar-refractivity contribution in [3.63, 3.8) is 0 Å². The van der Waals surface area contributed by atoms with E-state index in [0.717, 1.165) is 5.69 Å². The second-order valence-corrected chi connectivity index (χ2v) is 5.04. The first-order valence-corrected chi connectivity index (χ1v) is 6.63. The smallest absolute Gasteiger partial charge is 0.167 e. The molecule has 0 aliphatic carbocycles. The molecule has 0 heterocycles. The molecule has 0 radical (unpaired) electrons. The molecule has 0 unspecified atom stereocenters. The molecule has 0 aliphatic rings. The van der Waals surface area contributed by atoms with Gasteiger partial charge in [-0.05, 0) is 38.1 Å². The van der Waals surface area contributed by atoms with Gasteiger partial charge in [0.25, 0.3) is 0 Å². The Hall–Kier alpha value is -2.30. The van der Waals surface area contributed by atoms with E-state index in [0.29, 0.717) is 5.69 Å². The minimum absolute atomic E-state index is 0.142. The fraction of sp³-hybridized carbons (Fsp3) is 0.250. The normalized spacial score (nSPS) is 10.8. The number of benzene rings is 2. The molecule has 2 N–H and O–H groups in total. The average molecular weight is 292 g/mol. The Morgan fingerprint density at radius 3 is 2.29 bits per heavy atom. The topological polar surface area (TPSA) is 38.5 Å². The summed E-state index contributed by atoms with van der Waals surface area (Å²) >= 11 is 0. The van der Waals surface area contributed by atoms with Crippen molar-refractivity contribution in [2.75, 3.05) is 17.7 Å². The first-order valence-electron chi connectivity index (χ1n) is 6.63. The fourth-order valence-electron chi connectivity index (χ4n) is 2.00. The Morgan fingerprint density at radius 1 is 1.10 bits per heavy atom. The second kappa shape index (κ2) is 5.99. The van der Waals surface area contributed by atoms with Gasteiger partial charge in [0.15, 0.2) is 11.6 Å². The first-order chi connectivity index (χ1) is 9.88. The number of nitrogen functional groups attached to an aromatic ring is 1. The van der Waals surface area contributed by atoms with Crippen molar-refractivity contribution in [2.45, 2.75) is 20.0 Å². The van der Waals surface area contributed by atoms with Crippen LogP contribution in [0.3, 0.4) is 0 Å². The van der Waals surface area contributed by atoms with Gasteiger partial charge in [-0.1, -0.05) is 0 Å². The number of rotatable bonds is 4. The molecule has 2 aromatic rings. The molecule has 2 aromatic carbocycles. The Bertz CT molecular complexity index is 627. The average Bonchev–Trinajstić information content (AvgIpc) is 2.41. The zero-order valence-corrected chi connectivity index (χ0v) is 12.2. The standard InChI is InChI=1S/C16H18F2N2O/c1-10(2)21-16-9-15(14(19)8-13(16)18)20(3)12-6-4-11(17)5-7-12/h4-10H,19H2,1-3H3. The largest absolute Gasteiger partial charge is 0.488 e. The quantitative estimate of drug-likeness (QED) is 0.862. The molecule has 3 nitrogen and oxygen atoms in total. The van der Waals surface area contributed by atoms with Crippen molar-refractivity contribution >= 4 is 17.1 Å². The van der Waals surface area contributed by atoms with Gasteiger partial charge < -0.3 is 15.4 Å². The number of nitrogens with two attached hydrogens (primary N) is 1. The molecule has 5 heteroatoms. The van der Waals surface area contributed by atoms with Crippen LogP contribution in [0.2, 0.25) is 0 Å². The zero-order valence-electron chi connectivity index (χ0n) is 12.2. The summed E-state index contributed by atoms with van der Waals surface area (Å²) in [6, 6.07) is 8.75. The van der Waals surface area contributed by atoms with Gasteiger partial charge >= 0.3 is 0 Å². The maximum absolute atomic E-state index is 13.8. The lowest BCUT2D eigenvalue weighted by molar-refractivity contribution is 0.231. The van der Waals surface area contributed by atoms with E-state index in [2.05, 4.69) is 0 Å². The van der Waals surface area contributed by atoms with E-state index in [-0.39, 0.29) is 23.4 Å². The van der Waals surface area contributed by atoms with Crippen LogP contribution in [0.5, 0.6) is 5.75 Å². The number of halogens is 2. The van der Waals surface area contributed by atoms with Crippen molar-refractivity contribution in [2.24, 2.45) is 0 Å². The van der Waals surface area contributed by atoms with E-state index in [1.165, 1.54) is 18.2 Å². The van der Waals surface area contributed by atoms with Crippen LogP contribution in [0.1, 0.15) is 13.8 Å². The summed E-state index contributed by atoms with van der Waals surface area (Å²) in [5.41, 5.74) is 7.50. The molecule has 0 saturated carbocycles. The molecule has 0 aromatic heterocycles. The van der Waals surface area contributed by atoms with Crippen LogP contribution in [-0.2, 0) is 0 Å². The summed E-state index contributed by atoms with van der Waals surface area (Å²) in [5.74, 6) is -0.677. The number of hydrogen-bond donors (Lipinski definition) is 1. The van der Waals surface area contributed by atoms with Crippen molar-refractivity contribution in [3.8, 4) is 5.75 Å². The number of hydrogen-bond acceptors (Lipinski definition) is 3. The lowest BCUT2D eigenvalue weighted by atomic mass is 10.2. The number of nitrogens with zero attached hydrogens (tertiary/aromatic N) is 1. The van der Waals surface area contributed by atoms with Gasteiger partial charge in [-0.3, -0.25) is 0 Å². The van der Waals surface area contributed by atoms with Gasteiger partial charge in [0.1, 0.15) is 5.82 Å². The second-order valence-electron chi connectivity index (χ2n) is 5.04. The number of ether oxygens (including phenoxy) is 1. The highest BCUT2D eigenvalue weighted by atomic mass is 19.1. The maximum Gasteiger partial charge on any atom is 0.167 e. The van der Waals surface area contributed by atoms with Crippen LogP contribution >= 0.6 is 0 Å². The molecular formula is C16H18F2N2O. The summed E-state index contributed by atoms with van der Waals surface area (Å²) in [4.78, 5) is 1.75. The monoisotopic (exact) mass is 292 g/mol. The van der Waals surface area contributed by atoms with E-state index in [9.17, 15) is 8.78 Å². The lowest BCUT2D eigenvalue weighted by Gasteiger charge is -2.23. The van der Waals surface area contributed by atoms with E-state index in [4.69, 9.17) is 10.5 Å². The summed E-state index contributed by atoms with van der Waals surface area (Å²) in [7, 11) is 1.77. The Kier molecular flexibility index (Phi) is 4.31. The summed E-state index contributed by atoms with van der Waals surface area (Å²) in [6.45, 7) is 3.64.